The number of aromatic nitrogens is 4. The van der Waals surface area contributed by atoms with Crippen molar-refractivity contribution in [3.63, 3.8) is 0 Å². The SMILES string of the molecule is CC1(C)c2ccccc2-c2c1cc(-c1nc(-c3ccccc3)nc(-c3ccccn3)n1)c1c2-c2ccccc2CC1. The second-order valence-electron chi connectivity index (χ2n) is 11.4. The van der Waals surface area contributed by atoms with Crippen molar-refractivity contribution in [1.82, 2.24) is 19.9 Å². The summed E-state index contributed by atoms with van der Waals surface area (Å²) in [5.74, 6) is 1.94. The van der Waals surface area contributed by atoms with Gasteiger partial charge in [0.15, 0.2) is 17.5 Å². The number of nitrogens with zero attached hydrogens (tertiary/aromatic N) is 4. The molecular weight excluding hydrogens is 500 g/mol. The van der Waals surface area contributed by atoms with Crippen molar-refractivity contribution >= 4 is 0 Å². The number of fused-ring (bicyclic) bond motifs is 7. The van der Waals surface area contributed by atoms with E-state index in [1.54, 1.807) is 6.20 Å². The molecule has 2 aliphatic carbocycles. The molecule has 4 aromatic carbocycles. The lowest BCUT2D eigenvalue weighted by Crippen LogP contribution is -2.16. The van der Waals surface area contributed by atoms with Gasteiger partial charge in [0.25, 0.3) is 0 Å². The highest BCUT2D eigenvalue weighted by atomic mass is 15.0. The summed E-state index contributed by atoms with van der Waals surface area (Å²) in [4.78, 5) is 19.7. The second kappa shape index (κ2) is 9.03. The van der Waals surface area contributed by atoms with Crippen molar-refractivity contribution in [1.29, 1.82) is 0 Å². The van der Waals surface area contributed by atoms with Crippen molar-refractivity contribution in [2.45, 2.75) is 32.1 Å². The fourth-order valence-electron chi connectivity index (χ4n) is 6.71. The lowest BCUT2D eigenvalue weighted by atomic mass is 9.76. The largest absolute Gasteiger partial charge is 0.253 e. The Morgan fingerprint density at radius 1 is 0.561 bits per heavy atom. The van der Waals surface area contributed by atoms with Crippen LogP contribution >= 0.6 is 0 Å². The summed E-state index contributed by atoms with van der Waals surface area (Å²) in [6.07, 6.45) is 3.71. The molecule has 2 aliphatic rings. The highest BCUT2D eigenvalue weighted by molar-refractivity contribution is 5.98. The zero-order valence-corrected chi connectivity index (χ0v) is 23.1. The Labute approximate surface area is 239 Å². The Hall–Kier alpha value is -4.96. The summed E-state index contributed by atoms with van der Waals surface area (Å²) in [7, 11) is 0. The second-order valence-corrected chi connectivity index (χ2v) is 11.4. The molecule has 0 fully saturated rings. The van der Waals surface area contributed by atoms with Crippen LogP contribution in [0.5, 0.6) is 0 Å². The summed E-state index contributed by atoms with van der Waals surface area (Å²) in [6.45, 7) is 4.68. The maximum atomic E-state index is 5.14. The first-order valence-corrected chi connectivity index (χ1v) is 14.2. The fraction of sp³-hybridized carbons (Fsp3) is 0.135. The van der Waals surface area contributed by atoms with Crippen molar-refractivity contribution in [2.75, 3.05) is 0 Å². The van der Waals surface area contributed by atoms with Crippen LogP contribution in [0.2, 0.25) is 0 Å². The van der Waals surface area contributed by atoms with E-state index in [-0.39, 0.29) is 5.41 Å². The van der Waals surface area contributed by atoms with Crippen LogP contribution in [0, 0.1) is 0 Å². The quantitative estimate of drug-likeness (QED) is 0.232. The third-order valence-corrected chi connectivity index (χ3v) is 8.71. The van der Waals surface area contributed by atoms with Gasteiger partial charge in [-0.25, -0.2) is 15.0 Å². The van der Waals surface area contributed by atoms with E-state index in [1.807, 2.05) is 36.4 Å². The van der Waals surface area contributed by atoms with Crippen LogP contribution in [0.3, 0.4) is 0 Å². The first-order valence-electron chi connectivity index (χ1n) is 14.2. The van der Waals surface area contributed by atoms with Gasteiger partial charge in [0, 0.05) is 22.7 Å². The minimum absolute atomic E-state index is 0.152. The van der Waals surface area contributed by atoms with Gasteiger partial charge in [-0.3, -0.25) is 4.98 Å². The molecule has 8 rings (SSSR count). The van der Waals surface area contributed by atoms with Gasteiger partial charge >= 0.3 is 0 Å². The van der Waals surface area contributed by atoms with Gasteiger partial charge in [-0.2, -0.15) is 0 Å². The third kappa shape index (κ3) is 3.67. The van der Waals surface area contributed by atoms with Crippen molar-refractivity contribution < 1.29 is 0 Å². The average molecular weight is 529 g/mol. The Kier molecular flexibility index (Phi) is 5.26. The van der Waals surface area contributed by atoms with Crippen molar-refractivity contribution in [2.24, 2.45) is 0 Å². The molecule has 0 amide bonds. The summed E-state index contributed by atoms with van der Waals surface area (Å²) < 4.78 is 0. The van der Waals surface area contributed by atoms with Gasteiger partial charge in [0.1, 0.15) is 5.69 Å². The number of hydrogen-bond donors (Lipinski definition) is 0. The van der Waals surface area contributed by atoms with Gasteiger partial charge in [-0.05, 0) is 75.5 Å². The lowest BCUT2D eigenvalue weighted by Gasteiger charge is -2.28. The molecule has 0 radical (unpaired) electrons. The number of benzene rings is 4. The maximum absolute atomic E-state index is 5.14. The molecule has 6 aromatic rings. The van der Waals surface area contributed by atoms with Gasteiger partial charge in [0.05, 0.1) is 0 Å². The number of pyridine rings is 1. The molecule has 196 valence electrons. The van der Waals surface area contributed by atoms with E-state index in [2.05, 4.69) is 85.6 Å². The smallest absolute Gasteiger partial charge is 0.182 e. The summed E-state index contributed by atoms with van der Waals surface area (Å²) in [6, 6.07) is 36.1. The van der Waals surface area contributed by atoms with Crippen LogP contribution < -0.4 is 0 Å². The van der Waals surface area contributed by atoms with E-state index in [4.69, 9.17) is 15.0 Å². The predicted molar refractivity (Wildman–Crippen MR) is 164 cm³/mol. The van der Waals surface area contributed by atoms with Crippen LogP contribution in [0.25, 0.3) is 56.5 Å². The molecule has 0 bridgehead atoms. The highest BCUT2D eigenvalue weighted by Gasteiger charge is 2.40. The Bertz CT molecular complexity index is 1900. The molecule has 4 heteroatoms. The molecule has 2 aromatic heterocycles. The lowest BCUT2D eigenvalue weighted by molar-refractivity contribution is 0.660. The molecule has 0 N–H and O–H groups in total. The van der Waals surface area contributed by atoms with E-state index >= 15 is 0 Å². The number of hydrogen-bond acceptors (Lipinski definition) is 4. The Morgan fingerprint density at radius 3 is 2.10 bits per heavy atom. The normalized spacial score (nSPS) is 14.1. The molecule has 0 saturated heterocycles. The van der Waals surface area contributed by atoms with Gasteiger partial charge in [0.2, 0.25) is 0 Å². The van der Waals surface area contributed by atoms with Crippen molar-refractivity contribution in [3.8, 4) is 56.5 Å². The Morgan fingerprint density at radius 2 is 1.27 bits per heavy atom. The van der Waals surface area contributed by atoms with E-state index in [1.165, 1.54) is 44.5 Å². The zero-order valence-electron chi connectivity index (χ0n) is 23.1. The zero-order chi connectivity index (χ0) is 27.6. The Balaban J connectivity index is 1.46. The fourth-order valence-corrected chi connectivity index (χ4v) is 6.71. The van der Waals surface area contributed by atoms with Crippen LogP contribution in [0.4, 0.5) is 0 Å². The summed E-state index contributed by atoms with van der Waals surface area (Å²) in [5, 5.41) is 0. The third-order valence-electron chi connectivity index (χ3n) is 8.71. The maximum Gasteiger partial charge on any atom is 0.182 e. The van der Waals surface area contributed by atoms with E-state index in [9.17, 15) is 0 Å². The topological polar surface area (TPSA) is 51.6 Å². The molecule has 0 aliphatic heterocycles. The molecular formula is C37H28N4. The minimum Gasteiger partial charge on any atom is -0.253 e. The molecule has 2 heterocycles. The average Bonchev–Trinajstić information content (AvgIpc) is 3.27. The van der Waals surface area contributed by atoms with Crippen LogP contribution in [-0.2, 0) is 18.3 Å². The summed E-state index contributed by atoms with van der Waals surface area (Å²) >= 11 is 0. The van der Waals surface area contributed by atoms with E-state index in [0.717, 1.165) is 29.7 Å². The first-order chi connectivity index (χ1) is 20.1. The molecule has 41 heavy (non-hydrogen) atoms. The molecule has 0 atom stereocenters. The van der Waals surface area contributed by atoms with Crippen molar-refractivity contribution in [3.05, 3.63) is 132 Å². The monoisotopic (exact) mass is 528 g/mol. The van der Waals surface area contributed by atoms with Gasteiger partial charge < -0.3 is 0 Å². The minimum atomic E-state index is -0.152. The number of aryl methyl sites for hydroxylation is 1. The molecule has 0 saturated carbocycles. The first kappa shape index (κ1) is 23.9. The van der Waals surface area contributed by atoms with Gasteiger partial charge in [-0.1, -0.05) is 98.8 Å². The van der Waals surface area contributed by atoms with Crippen LogP contribution in [0.1, 0.15) is 36.1 Å². The van der Waals surface area contributed by atoms with Crippen LogP contribution in [0.15, 0.2) is 109 Å². The van der Waals surface area contributed by atoms with E-state index < -0.39 is 0 Å². The molecule has 0 spiro atoms. The van der Waals surface area contributed by atoms with Gasteiger partial charge in [-0.15, -0.1) is 0 Å². The highest BCUT2D eigenvalue weighted by Crippen LogP contribution is 2.56. The molecule has 4 nitrogen and oxygen atoms in total. The van der Waals surface area contributed by atoms with E-state index in [0.29, 0.717) is 17.5 Å². The standard InChI is InChI=1S/C37H28N4/c1-37(2)29-17-9-8-16-27(29)33-30(37)22-28(26-20-19-23-12-6-7-15-25(23)32(26)33)35-39-34(24-13-4-3-5-14-24)40-36(41-35)31-18-10-11-21-38-31/h3-18,21-22H,19-20H2,1-2H3. The molecule has 0 unspecified atom stereocenters. The summed E-state index contributed by atoms with van der Waals surface area (Å²) in [5.41, 5.74) is 13.4. The number of rotatable bonds is 3. The van der Waals surface area contributed by atoms with Crippen LogP contribution in [-0.4, -0.2) is 19.9 Å². The predicted octanol–water partition coefficient (Wildman–Crippen LogP) is 8.34.